The van der Waals surface area contributed by atoms with E-state index < -0.39 is 21.8 Å². The molecule has 1 aromatic rings. The summed E-state index contributed by atoms with van der Waals surface area (Å²) >= 11 is 5.49. The summed E-state index contributed by atoms with van der Waals surface area (Å²) in [5.41, 5.74) is -0.162. The van der Waals surface area contributed by atoms with Crippen molar-refractivity contribution in [1.82, 2.24) is 4.72 Å². The summed E-state index contributed by atoms with van der Waals surface area (Å²) in [5, 5.41) is 9.10. The smallest absolute Gasteiger partial charge is 0.299 e. The number of halogens is 2. The Labute approximate surface area is 103 Å². The van der Waals surface area contributed by atoms with Crippen molar-refractivity contribution in [2.24, 2.45) is 0 Å². The number of phenols is 1. The number of aromatic hydroxyl groups is 1. The molecule has 0 amide bonds. The van der Waals surface area contributed by atoms with E-state index in [9.17, 15) is 17.9 Å². The molecule has 1 fully saturated rings. The lowest BCUT2D eigenvalue weighted by Crippen LogP contribution is -2.31. The Kier molecular flexibility index (Phi) is 3.15. The van der Waals surface area contributed by atoms with Gasteiger partial charge in [-0.15, -0.1) is 0 Å². The Hall–Kier alpha value is -1.05. The van der Waals surface area contributed by atoms with E-state index in [1.165, 1.54) is 0 Å². The summed E-state index contributed by atoms with van der Waals surface area (Å²) in [5.74, 6) is -1.34. The molecule has 3 N–H and O–H groups in total. The molecule has 0 heterocycles. The van der Waals surface area contributed by atoms with Crippen molar-refractivity contribution in [3.63, 3.8) is 0 Å². The van der Waals surface area contributed by atoms with Crippen LogP contribution in [-0.2, 0) is 10.2 Å². The number of phenolic OH excluding ortho intramolecular Hbond substituents is 1. The van der Waals surface area contributed by atoms with Gasteiger partial charge in [0.15, 0.2) is 0 Å². The van der Waals surface area contributed by atoms with Gasteiger partial charge in [0.1, 0.15) is 11.6 Å². The number of nitrogens with one attached hydrogen (secondary N) is 2. The Morgan fingerprint density at radius 3 is 2.65 bits per heavy atom. The molecule has 5 nitrogen and oxygen atoms in total. The molecule has 1 aliphatic carbocycles. The largest absolute Gasteiger partial charge is 0.506 e. The molecule has 8 heteroatoms. The van der Waals surface area contributed by atoms with E-state index in [1.807, 2.05) is 0 Å². The molecule has 0 aromatic heterocycles. The van der Waals surface area contributed by atoms with Crippen LogP contribution in [0.1, 0.15) is 12.8 Å². The average Bonchev–Trinajstić information content (AvgIpc) is 2.96. The van der Waals surface area contributed by atoms with Crippen molar-refractivity contribution >= 4 is 27.5 Å². The normalized spacial score (nSPS) is 15.9. The minimum atomic E-state index is -3.76. The van der Waals surface area contributed by atoms with Gasteiger partial charge in [0, 0.05) is 12.1 Å². The quantitative estimate of drug-likeness (QED) is 0.733. The number of hydrogen-bond donors (Lipinski definition) is 3. The lowest BCUT2D eigenvalue weighted by molar-refractivity contribution is 0.471. The Morgan fingerprint density at radius 1 is 1.41 bits per heavy atom. The van der Waals surface area contributed by atoms with Gasteiger partial charge in [-0.25, -0.2) is 4.39 Å². The van der Waals surface area contributed by atoms with Gasteiger partial charge in [-0.2, -0.15) is 13.1 Å². The first-order valence-electron chi connectivity index (χ1n) is 4.85. The van der Waals surface area contributed by atoms with E-state index >= 15 is 0 Å². The van der Waals surface area contributed by atoms with E-state index in [1.54, 1.807) is 0 Å². The van der Waals surface area contributed by atoms with Crippen LogP contribution in [0.4, 0.5) is 10.1 Å². The molecule has 1 saturated carbocycles. The van der Waals surface area contributed by atoms with Crippen LogP contribution in [0.25, 0.3) is 0 Å². The fourth-order valence-corrected chi connectivity index (χ4v) is 2.56. The molecule has 0 aliphatic heterocycles. The highest BCUT2D eigenvalue weighted by Gasteiger charge is 2.27. The van der Waals surface area contributed by atoms with E-state index in [2.05, 4.69) is 9.44 Å². The molecule has 0 bridgehead atoms. The first kappa shape index (κ1) is 12.4. The highest BCUT2D eigenvalue weighted by atomic mass is 35.5. The molecule has 94 valence electrons. The van der Waals surface area contributed by atoms with Crippen molar-refractivity contribution in [2.75, 3.05) is 4.72 Å². The summed E-state index contributed by atoms with van der Waals surface area (Å²) in [4.78, 5) is 0. The van der Waals surface area contributed by atoms with Gasteiger partial charge in [-0.05, 0) is 18.9 Å². The monoisotopic (exact) mass is 280 g/mol. The summed E-state index contributed by atoms with van der Waals surface area (Å²) in [7, 11) is -3.76. The van der Waals surface area contributed by atoms with Gasteiger partial charge in [0.05, 0.1) is 10.7 Å². The highest BCUT2D eigenvalue weighted by molar-refractivity contribution is 7.90. The third-order valence-corrected chi connectivity index (χ3v) is 3.60. The van der Waals surface area contributed by atoms with Gasteiger partial charge in [-0.1, -0.05) is 11.6 Å². The average molecular weight is 281 g/mol. The topological polar surface area (TPSA) is 78.4 Å². The Morgan fingerprint density at radius 2 is 2.06 bits per heavy atom. The summed E-state index contributed by atoms with van der Waals surface area (Å²) in [6, 6.07) is 1.70. The van der Waals surface area contributed by atoms with Crippen LogP contribution in [0.15, 0.2) is 12.1 Å². The summed E-state index contributed by atoms with van der Waals surface area (Å²) in [6.45, 7) is 0. The molecule has 0 saturated heterocycles. The molecule has 0 unspecified atom stereocenters. The van der Waals surface area contributed by atoms with Crippen LogP contribution in [0, 0.1) is 5.82 Å². The molecule has 0 radical (unpaired) electrons. The molecular formula is C9H10ClFN2O3S. The van der Waals surface area contributed by atoms with Crippen molar-refractivity contribution in [2.45, 2.75) is 18.9 Å². The maximum absolute atomic E-state index is 12.9. The van der Waals surface area contributed by atoms with Crippen molar-refractivity contribution < 1.29 is 17.9 Å². The predicted molar refractivity (Wildman–Crippen MR) is 61.8 cm³/mol. The molecule has 0 spiro atoms. The van der Waals surface area contributed by atoms with Crippen molar-refractivity contribution in [3.8, 4) is 5.75 Å². The molecule has 1 aromatic carbocycles. The Bertz CT molecular complexity index is 545. The van der Waals surface area contributed by atoms with E-state index in [-0.39, 0.29) is 16.8 Å². The lowest BCUT2D eigenvalue weighted by Gasteiger charge is -2.10. The minimum Gasteiger partial charge on any atom is -0.506 e. The second-order valence-corrected chi connectivity index (χ2v) is 5.63. The van der Waals surface area contributed by atoms with Gasteiger partial charge in [0.2, 0.25) is 0 Å². The van der Waals surface area contributed by atoms with Gasteiger partial charge < -0.3 is 5.11 Å². The van der Waals surface area contributed by atoms with Crippen LogP contribution in [0.3, 0.4) is 0 Å². The zero-order chi connectivity index (χ0) is 12.6. The SMILES string of the molecule is O=S(=O)(Nc1cc(Cl)c(F)cc1O)NC1CC1. The first-order chi connectivity index (χ1) is 7.87. The summed E-state index contributed by atoms with van der Waals surface area (Å²) in [6.07, 6.45) is 1.58. The van der Waals surface area contributed by atoms with Crippen molar-refractivity contribution in [1.29, 1.82) is 0 Å². The molecule has 2 rings (SSSR count). The second-order valence-electron chi connectivity index (χ2n) is 3.78. The van der Waals surface area contributed by atoms with Crippen molar-refractivity contribution in [3.05, 3.63) is 23.0 Å². The number of hydrogen-bond acceptors (Lipinski definition) is 3. The van der Waals surface area contributed by atoms with E-state index in [4.69, 9.17) is 11.6 Å². The fraction of sp³-hybridized carbons (Fsp3) is 0.333. The van der Waals surface area contributed by atoms with Crippen LogP contribution in [-0.4, -0.2) is 19.6 Å². The molecule has 0 atom stereocenters. The number of anilines is 1. The zero-order valence-corrected chi connectivity index (χ0v) is 10.1. The molecule has 1 aliphatic rings. The van der Waals surface area contributed by atoms with E-state index in [0.29, 0.717) is 0 Å². The second kappa shape index (κ2) is 4.32. The fourth-order valence-electron chi connectivity index (χ4n) is 1.21. The highest BCUT2D eigenvalue weighted by Crippen LogP contribution is 2.30. The minimum absolute atomic E-state index is 0.0643. The Balaban J connectivity index is 2.20. The summed E-state index contributed by atoms with van der Waals surface area (Å²) < 4.78 is 40.4. The van der Waals surface area contributed by atoms with Crippen LogP contribution in [0.2, 0.25) is 5.02 Å². The zero-order valence-electron chi connectivity index (χ0n) is 8.57. The molecule has 17 heavy (non-hydrogen) atoms. The lowest BCUT2D eigenvalue weighted by atomic mass is 10.3. The van der Waals surface area contributed by atoms with Gasteiger partial charge >= 0.3 is 0 Å². The third kappa shape index (κ3) is 3.21. The number of rotatable bonds is 4. The third-order valence-electron chi connectivity index (χ3n) is 2.18. The van der Waals surface area contributed by atoms with Gasteiger partial charge in [-0.3, -0.25) is 4.72 Å². The van der Waals surface area contributed by atoms with Gasteiger partial charge in [0.25, 0.3) is 10.2 Å². The first-order valence-corrected chi connectivity index (χ1v) is 6.71. The van der Waals surface area contributed by atoms with Crippen LogP contribution >= 0.6 is 11.6 Å². The van der Waals surface area contributed by atoms with Crippen LogP contribution in [0.5, 0.6) is 5.75 Å². The standard InChI is InChI=1S/C9H10ClFN2O3S/c10-6-3-8(9(14)4-7(6)11)13-17(15,16)12-5-1-2-5/h3-5,12-14H,1-2H2. The maximum Gasteiger partial charge on any atom is 0.299 e. The predicted octanol–water partition coefficient (Wildman–Crippen LogP) is 1.59. The molecular weight excluding hydrogens is 271 g/mol. The maximum atomic E-state index is 12.9. The van der Waals surface area contributed by atoms with E-state index in [0.717, 1.165) is 25.0 Å². The van der Waals surface area contributed by atoms with Crippen LogP contribution < -0.4 is 9.44 Å². The number of benzene rings is 1.